The molecule has 6 nitrogen and oxygen atoms in total. The molecule has 35 heavy (non-hydrogen) atoms. The number of ether oxygens (including phenoxy) is 2. The topological polar surface area (TPSA) is 65.4 Å². The Morgan fingerprint density at radius 1 is 0.971 bits per heavy atom. The highest BCUT2D eigenvalue weighted by molar-refractivity contribution is 6.42. The Bertz CT molecular complexity index is 1350. The van der Waals surface area contributed by atoms with Crippen molar-refractivity contribution in [3.8, 4) is 11.5 Å². The Morgan fingerprint density at radius 3 is 2.43 bits per heavy atom. The number of nitrogens with one attached hydrogen (secondary N) is 1. The lowest BCUT2D eigenvalue weighted by atomic mass is 10.1. The van der Waals surface area contributed by atoms with E-state index in [1.165, 1.54) is 0 Å². The van der Waals surface area contributed by atoms with Crippen LogP contribution >= 0.6 is 46.4 Å². The summed E-state index contributed by atoms with van der Waals surface area (Å²) in [4.78, 5) is 12.9. The van der Waals surface area contributed by atoms with Gasteiger partial charge in [0.05, 0.1) is 30.6 Å². The van der Waals surface area contributed by atoms with Crippen LogP contribution in [-0.4, -0.2) is 22.8 Å². The SMILES string of the molecule is COc1ccc(C(=O)Nc2cnn(Cc3c(Cl)cccc3Cl)c2)cc1COc1cccc(Cl)c1Cl. The quantitative estimate of drug-likeness (QED) is 0.248. The van der Waals surface area contributed by atoms with Gasteiger partial charge < -0.3 is 14.8 Å². The van der Waals surface area contributed by atoms with Crippen molar-refractivity contribution in [3.63, 3.8) is 0 Å². The summed E-state index contributed by atoms with van der Waals surface area (Å²) in [5.74, 6) is 0.691. The number of benzene rings is 3. The van der Waals surface area contributed by atoms with Gasteiger partial charge in [-0.1, -0.05) is 58.5 Å². The summed E-state index contributed by atoms with van der Waals surface area (Å²) in [5, 5.41) is 8.93. The lowest BCUT2D eigenvalue weighted by Crippen LogP contribution is -2.12. The van der Waals surface area contributed by atoms with Gasteiger partial charge in [-0.2, -0.15) is 5.10 Å². The number of methoxy groups -OCH3 is 1. The molecule has 0 spiro atoms. The van der Waals surface area contributed by atoms with Crippen LogP contribution < -0.4 is 14.8 Å². The third-order valence-corrected chi connectivity index (χ3v) is 6.62. The lowest BCUT2D eigenvalue weighted by Gasteiger charge is -2.13. The minimum Gasteiger partial charge on any atom is -0.496 e. The van der Waals surface area contributed by atoms with Crippen molar-refractivity contribution in [1.29, 1.82) is 0 Å². The third-order valence-electron chi connectivity index (χ3n) is 5.11. The van der Waals surface area contributed by atoms with E-state index >= 15 is 0 Å². The predicted octanol–water partition coefficient (Wildman–Crippen LogP) is 7.38. The molecule has 0 saturated heterocycles. The van der Waals surface area contributed by atoms with Crippen LogP contribution in [0.1, 0.15) is 21.5 Å². The number of rotatable bonds is 8. The molecular weight excluding hydrogens is 532 g/mol. The van der Waals surface area contributed by atoms with Crippen LogP contribution in [0, 0.1) is 0 Å². The number of amides is 1. The molecule has 0 fully saturated rings. The zero-order chi connectivity index (χ0) is 24.9. The molecule has 1 N–H and O–H groups in total. The van der Waals surface area contributed by atoms with Crippen LogP contribution in [-0.2, 0) is 13.2 Å². The van der Waals surface area contributed by atoms with Crippen LogP contribution in [0.5, 0.6) is 11.5 Å². The zero-order valence-electron chi connectivity index (χ0n) is 18.4. The molecule has 4 rings (SSSR count). The number of hydrogen-bond donors (Lipinski definition) is 1. The number of carbonyl (C=O) groups excluding carboxylic acids is 1. The first kappa shape index (κ1) is 25.2. The van der Waals surface area contributed by atoms with Gasteiger partial charge in [0.2, 0.25) is 0 Å². The summed E-state index contributed by atoms with van der Waals surface area (Å²) in [6.07, 6.45) is 3.25. The smallest absolute Gasteiger partial charge is 0.255 e. The minimum atomic E-state index is -0.315. The van der Waals surface area contributed by atoms with Crippen molar-refractivity contribution in [2.45, 2.75) is 13.2 Å². The average molecular weight is 551 g/mol. The molecule has 0 aliphatic carbocycles. The number of nitrogens with zero attached hydrogens (tertiary/aromatic N) is 2. The first-order valence-electron chi connectivity index (χ1n) is 10.4. The molecule has 0 saturated carbocycles. The van der Waals surface area contributed by atoms with Gasteiger partial charge in [-0.15, -0.1) is 0 Å². The molecule has 0 atom stereocenters. The Morgan fingerprint density at radius 2 is 1.69 bits per heavy atom. The van der Waals surface area contributed by atoms with E-state index in [0.29, 0.717) is 54.9 Å². The van der Waals surface area contributed by atoms with Gasteiger partial charge in [-0.25, -0.2) is 0 Å². The fourth-order valence-electron chi connectivity index (χ4n) is 3.35. The van der Waals surface area contributed by atoms with Gasteiger partial charge in [0.25, 0.3) is 5.91 Å². The highest BCUT2D eigenvalue weighted by Crippen LogP contribution is 2.33. The van der Waals surface area contributed by atoms with E-state index in [1.54, 1.807) is 78.8 Å². The maximum absolute atomic E-state index is 12.9. The molecule has 0 aliphatic rings. The Balaban J connectivity index is 1.46. The molecule has 0 radical (unpaired) electrons. The first-order valence-corrected chi connectivity index (χ1v) is 11.9. The van der Waals surface area contributed by atoms with Crippen molar-refractivity contribution in [2.24, 2.45) is 0 Å². The number of anilines is 1. The van der Waals surface area contributed by atoms with Crippen LogP contribution in [0.15, 0.2) is 67.0 Å². The molecule has 10 heteroatoms. The second-order valence-electron chi connectivity index (χ2n) is 7.45. The molecule has 1 amide bonds. The largest absolute Gasteiger partial charge is 0.496 e. The molecule has 3 aromatic carbocycles. The van der Waals surface area contributed by atoms with Crippen molar-refractivity contribution in [2.75, 3.05) is 12.4 Å². The van der Waals surface area contributed by atoms with Gasteiger partial charge in [-0.3, -0.25) is 9.48 Å². The second kappa shape index (κ2) is 11.2. The van der Waals surface area contributed by atoms with E-state index in [2.05, 4.69) is 10.4 Å². The van der Waals surface area contributed by atoms with E-state index < -0.39 is 0 Å². The fraction of sp³-hybridized carbons (Fsp3) is 0.120. The number of hydrogen-bond acceptors (Lipinski definition) is 4. The summed E-state index contributed by atoms with van der Waals surface area (Å²) >= 11 is 24.7. The Hall–Kier alpha value is -2.90. The summed E-state index contributed by atoms with van der Waals surface area (Å²) in [6.45, 7) is 0.491. The monoisotopic (exact) mass is 549 g/mol. The van der Waals surface area contributed by atoms with Gasteiger partial charge in [0.1, 0.15) is 23.1 Å². The van der Waals surface area contributed by atoms with E-state index in [1.807, 2.05) is 0 Å². The van der Waals surface area contributed by atoms with E-state index in [4.69, 9.17) is 55.9 Å². The maximum Gasteiger partial charge on any atom is 0.255 e. The van der Waals surface area contributed by atoms with E-state index in [-0.39, 0.29) is 12.5 Å². The third kappa shape index (κ3) is 6.03. The summed E-state index contributed by atoms with van der Waals surface area (Å²) in [6, 6.07) is 15.5. The molecule has 0 aliphatic heterocycles. The summed E-state index contributed by atoms with van der Waals surface area (Å²) < 4.78 is 12.9. The molecule has 1 aromatic heterocycles. The highest BCUT2D eigenvalue weighted by atomic mass is 35.5. The van der Waals surface area contributed by atoms with Crippen LogP contribution in [0.25, 0.3) is 0 Å². The lowest BCUT2D eigenvalue weighted by molar-refractivity contribution is 0.102. The Kier molecular flexibility index (Phi) is 8.08. The van der Waals surface area contributed by atoms with E-state index in [9.17, 15) is 4.79 Å². The molecular formula is C25H19Cl4N3O3. The average Bonchev–Trinajstić information content (AvgIpc) is 3.29. The standard InChI is InChI=1S/C25H19Cl4N3O3/c1-34-22-9-8-15(10-16(22)14-35-23-7-3-6-21(28)24(23)29)25(33)31-17-11-30-32(12-17)13-18-19(26)4-2-5-20(18)27/h2-12H,13-14H2,1H3,(H,31,33). The molecule has 4 aromatic rings. The predicted molar refractivity (Wildman–Crippen MR) is 140 cm³/mol. The van der Waals surface area contributed by atoms with Crippen molar-refractivity contribution in [3.05, 3.63) is 104 Å². The minimum absolute atomic E-state index is 0.126. The first-order chi connectivity index (χ1) is 16.9. The molecule has 1 heterocycles. The summed E-state index contributed by atoms with van der Waals surface area (Å²) in [7, 11) is 1.55. The highest BCUT2D eigenvalue weighted by Gasteiger charge is 2.14. The maximum atomic E-state index is 12.9. The zero-order valence-corrected chi connectivity index (χ0v) is 21.4. The van der Waals surface area contributed by atoms with Crippen LogP contribution in [0.3, 0.4) is 0 Å². The van der Waals surface area contributed by atoms with Gasteiger partial charge in [0.15, 0.2) is 0 Å². The van der Waals surface area contributed by atoms with Gasteiger partial charge in [0, 0.05) is 32.9 Å². The van der Waals surface area contributed by atoms with Gasteiger partial charge >= 0.3 is 0 Å². The second-order valence-corrected chi connectivity index (χ2v) is 9.05. The van der Waals surface area contributed by atoms with Crippen molar-refractivity contribution >= 4 is 58.0 Å². The van der Waals surface area contributed by atoms with Crippen LogP contribution in [0.2, 0.25) is 20.1 Å². The number of aromatic nitrogens is 2. The van der Waals surface area contributed by atoms with E-state index in [0.717, 1.165) is 5.56 Å². The normalized spacial score (nSPS) is 10.8. The molecule has 180 valence electrons. The number of carbonyl (C=O) groups is 1. The Labute approximate surface area is 222 Å². The molecule has 0 bridgehead atoms. The summed E-state index contributed by atoms with van der Waals surface area (Å²) in [5.41, 5.74) is 2.36. The van der Waals surface area contributed by atoms with Crippen molar-refractivity contribution in [1.82, 2.24) is 9.78 Å². The number of halogens is 4. The molecule has 0 unspecified atom stereocenters. The fourth-order valence-corrected chi connectivity index (χ4v) is 4.21. The van der Waals surface area contributed by atoms with Crippen LogP contribution in [0.4, 0.5) is 5.69 Å². The van der Waals surface area contributed by atoms with Crippen molar-refractivity contribution < 1.29 is 14.3 Å². The van der Waals surface area contributed by atoms with Gasteiger partial charge in [-0.05, 0) is 42.5 Å².